The summed E-state index contributed by atoms with van der Waals surface area (Å²) in [5, 5.41) is 3.06. The van der Waals surface area contributed by atoms with Crippen LogP contribution in [0.1, 0.15) is 43.0 Å². The normalized spacial score (nSPS) is 15.4. The smallest absolute Gasteiger partial charge is 0.230 e. The second-order valence-corrected chi connectivity index (χ2v) is 5.97. The van der Waals surface area contributed by atoms with Crippen LogP contribution >= 0.6 is 11.8 Å². The van der Waals surface area contributed by atoms with Crippen LogP contribution in [0.3, 0.4) is 0 Å². The first-order valence-corrected chi connectivity index (χ1v) is 7.67. The Morgan fingerprint density at radius 1 is 1.21 bits per heavy atom. The Labute approximate surface area is 118 Å². The Morgan fingerprint density at radius 2 is 1.84 bits per heavy atom. The monoisotopic (exact) mass is 277 g/mol. The van der Waals surface area contributed by atoms with E-state index < -0.39 is 0 Å². The Hall–Kier alpha value is -1.29. The second-order valence-electron chi connectivity index (χ2n) is 4.92. The van der Waals surface area contributed by atoms with E-state index in [0.717, 1.165) is 17.7 Å². The third kappa shape index (κ3) is 4.39. The number of Topliss-reactive ketones (excluding diaryl/α,β-unsaturated/α-hetero) is 1. The first-order chi connectivity index (χ1) is 9.15. The molecule has 1 aliphatic rings. The molecule has 0 atom stereocenters. The van der Waals surface area contributed by atoms with E-state index >= 15 is 0 Å². The van der Waals surface area contributed by atoms with E-state index in [2.05, 4.69) is 5.32 Å². The van der Waals surface area contributed by atoms with Crippen LogP contribution in [0.5, 0.6) is 0 Å². The fourth-order valence-electron chi connectivity index (χ4n) is 2.27. The minimum atomic E-state index is 0.0653. The van der Waals surface area contributed by atoms with Crippen molar-refractivity contribution in [2.75, 3.05) is 5.75 Å². The van der Waals surface area contributed by atoms with Gasteiger partial charge in [0.1, 0.15) is 0 Å². The molecule has 3 nitrogen and oxygen atoms in total. The molecular weight excluding hydrogens is 258 g/mol. The number of ketones is 1. The van der Waals surface area contributed by atoms with E-state index in [1.54, 1.807) is 19.1 Å². The van der Waals surface area contributed by atoms with Crippen molar-refractivity contribution >= 4 is 23.5 Å². The molecule has 2 rings (SSSR count). The summed E-state index contributed by atoms with van der Waals surface area (Å²) in [6.45, 7) is 1.55. The molecule has 1 aromatic rings. The molecule has 0 saturated heterocycles. The van der Waals surface area contributed by atoms with Gasteiger partial charge >= 0.3 is 0 Å². The molecule has 1 aliphatic carbocycles. The molecule has 19 heavy (non-hydrogen) atoms. The highest BCUT2D eigenvalue weighted by Crippen LogP contribution is 2.20. The first kappa shape index (κ1) is 14.1. The minimum Gasteiger partial charge on any atom is -0.353 e. The predicted molar refractivity (Wildman–Crippen MR) is 77.6 cm³/mol. The number of thioether (sulfide) groups is 1. The van der Waals surface area contributed by atoms with Crippen molar-refractivity contribution in [1.82, 2.24) is 5.32 Å². The van der Waals surface area contributed by atoms with Gasteiger partial charge in [-0.25, -0.2) is 0 Å². The summed E-state index contributed by atoms with van der Waals surface area (Å²) in [7, 11) is 0. The molecule has 0 radical (unpaired) electrons. The average Bonchev–Trinajstić information content (AvgIpc) is 2.89. The summed E-state index contributed by atoms with van der Waals surface area (Å²) in [6, 6.07) is 7.78. The summed E-state index contributed by atoms with van der Waals surface area (Å²) in [5.74, 6) is 0.610. The van der Waals surface area contributed by atoms with E-state index in [1.165, 1.54) is 24.6 Å². The molecule has 0 aliphatic heterocycles. The highest BCUT2D eigenvalue weighted by Gasteiger charge is 2.16. The summed E-state index contributed by atoms with van der Waals surface area (Å²) in [6.07, 6.45) is 4.68. The van der Waals surface area contributed by atoms with Gasteiger partial charge < -0.3 is 5.32 Å². The molecule has 1 fully saturated rings. The van der Waals surface area contributed by atoms with Crippen molar-refractivity contribution in [3.05, 3.63) is 29.8 Å². The van der Waals surface area contributed by atoms with Crippen LogP contribution in [0.15, 0.2) is 29.2 Å². The number of carbonyl (C=O) groups is 2. The molecule has 0 unspecified atom stereocenters. The van der Waals surface area contributed by atoms with E-state index in [4.69, 9.17) is 0 Å². The lowest BCUT2D eigenvalue weighted by Crippen LogP contribution is -2.33. The fourth-order valence-corrected chi connectivity index (χ4v) is 2.98. The summed E-state index contributed by atoms with van der Waals surface area (Å²) in [5.41, 5.74) is 0.708. The topological polar surface area (TPSA) is 46.2 Å². The third-order valence-electron chi connectivity index (χ3n) is 3.35. The molecule has 0 spiro atoms. The van der Waals surface area contributed by atoms with Crippen molar-refractivity contribution < 1.29 is 9.59 Å². The number of hydrogen-bond donors (Lipinski definition) is 1. The average molecular weight is 277 g/mol. The summed E-state index contributed by atoms with van der Waals surface area (Å²) >= 11 is 1.51. The van der Waals surface area contributed by atoms with Gasteiger partial charge in [-0.1, -0.05) is 25.0 Å². The molecule has 1 aromatic carbocycles. The van der Waals surface area contributed by atoms with E-state index in [0.29, 0.717) is 17.4 Å². The van der Waals surface area contributed by atoms with Gasteiger partial charge in [0.2, 0.25) is 5.91 Å². The quantitative estimate of drug-likeness (QED) is 0.664. The van der Waals surface area contributed by atoms with Gasteiger partial charge in [0, 0.05) is 16.5 Å². The van der Waals surface area contributed by atoms with Crippen molar-refractivity contribution in [2.45, 2.75) is 43.5 Å². The van der Waals surface area contributed by atoms with Gasteiger partial charge in [-0.05, 0) is 31.9 Å². The van der Waals surface area contributed by atoms with Gasteiger partial charge in [0.05, 0.1) is 5.75 Å². The molecular formula is C15H19NO2S. The third-order valence-corrected chi connectivity index (χ3v) is 4.36. The molecule has 1 N–H and O–H groups in total. The van der Waals surface area contributed by atoms with E-state index in [1.807, 2.05) is 12.1 Å². The SMILES string of the molecule is CC(=O)c1ccc(SCC(=O)NC2CCCC2)cc1. The Kier molecular flexibility index (Phi) is 5.02. The summed E-state index contributed by atoms with van der Waals surface area (Å²) < 4.78 is 0. The highest BCUT2D eigenvalue weighted by atomic mass is 32.2. The Balaban J connectivity index is 1.77. The van der Waals surface area contributed by atoms with Gasteiger partial charge in [0.15, 0.2) is 5.78 Å². The number of hydrogen-bond acceptors (Lipinski definition) is 3. The van der Waals surface area contributed by atoms with E-state index in [-0.39, 0.29) is 11.7 Å². The lowest BCUT2D eigenvalue weighted by molar-refractivity contribution is -0.119. The largest absolute Gasteiger partial charge is 0.353 e. The zero-order valence-electron chi connectivity index (χ0n) is 11.1. The first-order valence-electron chi connectivity index (χ1n) is 6.68. The maximum atomic E-state index is 11.8. The maximum absolute atomic E-state index is 11.8. The molecule has 0 bridgehead atoms. The van der Waals surface area contributed by atoms with Gasteiger partial charge in [0.25, 0.3) is 0 Å². The van der Waals surface area contributed by atoms with Gasteiger partial charge in [-0.2, -0.15) is 0 Å². The number of amides is 1. The number of nitrogens with one attached hydrogen (secondary N) is 1. The van der Waals surface area contributed by atoms with Crippen LogP contribution in [0.2, 0.25) is 0 Å². The lowest BCUT2D eigenvalue weighted by atomic mass is 10.2. The van der Waals surface area contributed by atoms with Crippen molar-refractivity contribution in [2.24, 2.45) is 0 Å². The standard InChI is InChI=1S/C15H19NO2S/c1-11(17)12-6-8-14(9-7-12)19-10-15(18)16-13-4-2-3-5-13/h6-9,13H,2-5,10H2,1H3,(H,16,18). The van der Waals surface area contributed by atoms with Gasteiger partial charge in [-0.15, -0.1) is 11.8 Å². The highest BCUT2D eigenvalue weighted by molar-refractivity contribution is 8.00. The Morgan fingerprint density at radius 3 is 2.42 bits per heavy atom. The number of rotatable bonds is 5. The predicted octanol–water partition coefficient (Wildman–Crippen LogP) is 3.04. The fraction of sp³-hybridized carbons (Fsp3) is 0.467. The lowest BCUT2D eigenvalue weighted by Gasteiger charge is -2.11. The van der Waals surface area contributed by atoms with E-state index in [9.17, 15) is 9.59 Å². The van der Waals surface area contributed by atoms with Crippen LogP contribution < -0.4 is 5.32 Å². The van der Waals surface area contributed by atoms with Crippen molar-refractivity contribution in [1.29, 1.82) is 0 Å². The van der Waals surface area contributed by atoms with Crippen LogP contribution in [-0.2, 0) is 4.79 Å². The number of carbonyl (C=O) groups excluding carboxylic acids is 2. The molecule has 1 amide bonds. The molecule has 102 valence electrons. The molecule has 0 aromatic heterocycles. The molecule has 0 heterocycles. The van der Waals surface area contributed by atoms with Crippen LogP contribution in [0.25, 0.3) is 0 Å². The molecule has 1 saturated carbocycles. The Bertz CT molecular complexity index is 450. The zero-order chi connectivity index (χ0) is 13.7. The molecule has 4 heteroatoms. The minimum absolute atomic E-state index is 0.0653. The summed E-state index contributed by atoms with van der Waals surface area (Å²) in [4.78, 5) is 23.9. The van der Waals surface area contributed by atoms with Crippen LogP contribution in [-0.4, -0.2) is 23.5 Å². The van der Waals surface area contributed by atoms with Crippen molar-refractivity contribution in [3.8, 4) is 0 Å². The maximum Gasteiger partial charge on any atom is 0.230 e. The van der Waals surface area contributed by atoms with Crippen molar-refractivity contribution in [3.63, 3.8) is 0 Å². The zero-order valence-corrected chi connectivity index (χ0v) is 12.0. The van der Waals surface area contributed by atoms with Crippen LogP contribution in [0.4, 0.5) is 0 Å². The second kappa shape index (κ2) is 6.75. The van der Waals surface area contributed by atoms with Gasteiger partial charge in [-0.3, -0.25) is 9.59 Å². The number of benzene rings is 1. The van der Waals surface area contributed by atoms with Crippen LogP contribution in [0, 0.1) is 0 Å².